The van der Waals surface area contributed by atoms with Gasteiger partial charge in [-0.2, -0.15) is 0 Å². The SMILES string of the molecule is O=S(=O)(Cl)c1ccc(F)c(-c2ccc(Cl)cc2)c1. The van der Waals surface area contributed by atoms with E-state index in [1.54, 1.807) is 24.3 Å². The molecule has 0 aromatic heterocycles. The van der Waals surface area contributed by atoms with Crippen molar-refractivity contribution in [3.8, 4) is 11.1 Å². The molecule has 0 aliphatic rings. The Bertz CT molecular complexity index is 682. The number of hydrogen-bond acceptors (Lipinski definition) is 2. The fourth-order valence-electron chi connectivity index (χ4n) is 1.51. The fraction of sp³-hybridized carbons (Fsp3) is 0. The molecule has 0 saturated heterocycles. The van der Waals surface area contributed by atoms with Gasteiger partial charge < -0.3 is 0 Å². The maximum Gasteiger partial charge on any atom is 0.261 e. The van der Waals surface area contributed by atoms with Crippen molar-refractivity contribution < 1.29 is 12.8 Å². The first kappa shape index (κ1) is 13.3. The van der Waals surface area contributed by atoms with Gasteiger partial charge in [-0.15, -0.1) is 0 Å². The van der Waals surface area contributed by atoms with Gasteiger partial charge in [0.05, 0.1) is 4.90 Å². The Labute approximate surface area is 113 Å². The fourth-order valence-corrected chi connectivity index (χ4v) is 2.41. The van der Waals surface area contributed by atoms with Crippen LogP contribution in [0.1, 0.15) is 0 Å². The number of rotatable bonds is 2. The van der Waals surface area contributed by atoms with Crippen molar-refractivity contribution in [3.63, 3.8) is 0 Å². The van der Waals surface area contributed by atoms with Crippen molar-refractivity contribution in [2.45, 2.75) is 4.90 Å². The second-order valence-electron chi connectivity index (χ2n) is 3.59. The minimum atomic E-state index is -3.88. The molecular weight excluding hydrogens is 298 g/mol. The van der Waals surface area contributed by atoms with Gasteiger partial charge in [0.1, 0.15) is 5.82 Å². The molecule has 0 spiro atoms. The molecule has 2 nitrogen and oxygen atoms in total. The maximum absolute atomic E-state index is 13.7. The second kappa shape index (κ2) is 4.88. The predicted octanol–water partition coefficient (Wildman–Crippen LogP) is 4.07. The van der Waals surface area contributed by atoms with Crippen LogP contribution in [0.25, 0.3) is 11.1 Å². The molecule has 0 atom stereocenters. The van der Waals surface area contributed by atoms with E-state index >= 15 is 0 Å². The summed E-state index contributed by atoms with van der Waals surface area (Å²) in [6, 6.07) is 9.78. The predicted molar refractivity (Wildman–Crippen MR) is 69.9 cm³/mol. The lowest BCUT2D eigenvalue weighted by Crippen LogP contribution is -1.93. The lowest BCUT2D eigenvalue weighted by Gasteiger charge is -2.05. The van der Waals surface area contributed by atoms with Gasteiger partial charge in [-0.1, -0.05) is 23.7 Å². The summed E-state index contributed by atoms with van der Waals surface area (Å²) in [5, 5.41) is 0.514. The summed E-state index contributed by atoms with van der Waals surface area (Å²) in [4.78, 5) is -0.143. The third-order valence-electron chi connectivity index (χ3n) is 2.37. The van der Waals surface area contributed by atoms with E-state index in [1.165, 1.54) is 6.07 Å². The van der Waals surface area contributed by atoms with Gasteiger partial charge in [0.2, 0.25) is 0 Å². The smallest absolute Gasteiger partial charge is 0.207 e. The van der Waals surface area contributed by atoms with E-state index in [-0.39, 0.29) is 10.5 Å². The third kappa shape index (κ3) is 2.83. The van der Waals surface area contributed by atoms with Crippen molar-refractivity contribution in [2.24, 2.45) is 0 Å². The third-order valence-corrected chi connectivity index (χ3v) is 3.98. The normalized spacial score (nSPS) is 11.5. The van der Waals surface area contributed by atoms with E-state index in [0.29, 0.717) is 10.6 Å². The molecule has 0 aliphatic carbocycles. The van der Waals surface area contributed by atoms with E-state index < -0.39 is 14.9 Å². The van der Waals surface area contributed by atoms with Crippen LogP contribution in [0.2, 0.25) is 5.02 Å². The highest BCUT2D eigenvalue weighted by Crippen LogP contribution is 2.28. The van der Waals surface area contributed by atoms with Crippen LogP contribution < -0.4 is 0 Å². The summed E-state index contributed by atoms with van der Waals surface area (Å²) in [6.45, 7) is 0. The van der Waals surface area contributed by atoms with Gasteiger partial charge in [-0.3, -0.25) is 0 Å². The summed E-state index contributed by atoms with van der Waals surface area (Å²) in [5.74, 6) is -0.526. The quantitative estimate of drug-likeness (QED) is 0.784. The van der Waals surface area contributed by atoms with Crippen molar-refractivity contribution in [1.29, 1.82) is 0 Å². The van der Waals surface area contributed by atoms with Crippen molar-refractivity contribution in [2.75, 3.05) is 0 Å². The molecule has 0 aliphatic heterocycles. The first-order valence-electron chi connectivity index (χ1n) is 4.88. The van der Waals surface area contributed by atoms with Gasteiger partial charge >= 0.3 is 0 Å². The minimum absolute atomic E-state index is 0.143. The van der Waals surface area contributed by atoms with E-state index in [1.807, 2.05) is 0 Å². The van der Waals surface area contributed by atoms with Gasteiger partial charge in [0.25, 0.3) is 9.05 Å². The molecule has 0 N–H and O–H groups in total. The lowest BCUT2D eigenvalue weighted by molar-refractivity contribution is 0.608. The standard InChI is InChI=1S/C12H7Cl2FO2S/c13-9-3-1-8(2-4-9)11-7-10(18(14,16)17)5-6-12(11)15/h1-7H. The monoisotopic (exact) mass is 304 g/mol. The Hall–Kier alpha value is -1.10. The van der Waals surface area contributed by atoms with Crippen LogP contribution in [0.15, 0.2) is 47.4 Å². The van der Waals surface area contributed by atoms with Crippen molar-refractivity contribution in [3.05, 3.63) is 53.3 Å². The van der Waals surface area contributed by atoms with Crippen molar-refractivity contribution >= 4 is 31.3 Å². The molecule has 2 aromatic rings. The van der Waals surface area contributed by atoms with E-state index in [9.17, 15) is 12.8 Å². The van der Waals surface area contributed by atoms with E-state index in [2.05, 4.69) is 0 Å². The summed E-state index contributed by atoms with van der Waals surface area (Å²) in [7, 11) is 1.35. The van der Waals surface area contributed by atoms with E-state index in [0.717, 1.165) is 12.1 Å². The van der Waals surface area contributed by atoms with Crippen LogP contribution in [-0.4, -0.2) is 8.42 Å². The number of benzene rings is 2. The average molecular weight is 305 g/mol. The summed E-state index contributed by atoms with van der Waals surface area (Å²) in [5.41, 5.74) is 0.687. The second-order valence-corrected chi connectivity index (χ2v) is 6.59. The molecule has 0 bridgehead atoms. The zero-order chi connectivity index (χ0) is 13.3. The molecular formula is C12H7Cl2FO2S. The molecule has 2 rings (SSSR count). The molecule has 0 unspecified atom stereocenters. The lowest BCUT2D eigenvalue weighted by atomic mass is 10.1. The minimum Gasteiger partial charge on any atom is -0.207 e. The zero-order valence-corrected chi connectivity index (χ0v) is 11.2. The average Bonchev–Trinajstić information content (AvgIpc) is 2.29. The molecule has 94 valence electrons. The van der Waals surface area contributed by atoms with Gasteiger partial charge in [0, 0.05) is 21.3 Å². The molecule has 2 aromatic carbocycles. The largest absolute Gasteiger partial charge is 0.261 e. The first-order valence-corrected chi connectivity index (χ1v) is 7.57. The molecule has 18 heavy (non-hydrogen) atoms. The van der Waals surface area contributed by atoms with Crippen LogP contribution in [0.4, 0.5) is 4.39 Å². The maximum atomic E-state index is 13.7. The highest BCUT2D eigenvalue weighted by molar-refractivity contribution is 8.13. The Kier molecular flexibility index (Phi) is 3.61. The Morgan fingerprint density at radius 3 is 2.17 bits per heavy atom. The van der Waals surface area contributed by atoms with Gasteiger partial charge in [-0.05, 0) is 35.9 Å². The molecule has 0 saturated carbocycles. The molecule has 0 radical (unpaired) electrons. The van der Waals surface area contributed by atoms with Crippen LogP contribution in [0.3, 0.4) is 0 Å². The summed E-state index contributed by atoms with van der Waals surface area (Å²) in [6.07, 6.45) is 0. The Balaban J connectivity index is 2.60. The topological polar surface area (TPSA) is 34.1 Å². The number of hydrogen-bond donors (Lipinski definition) is 0. The van der Waals surface area contributed by atoms with Gasteiger partial charge in [0.15, 0.2) is 0 Å². The number of halogens is 3. The molecule has 0 amide bonds. The molecule has 0 fully saturated rings. The van der Waals surface area contributed by atoms with E-state index in [4.69, 9.17) is 22.3 Å². The molecule has 6 heteroatoms. The zero-order valence-electron chi connectivity index (χ0n) is 8.90. The first-order chi connectivity index (χ1) is 8.38. The molecule has 0 heterocycles. The van der Waals surface area contributed by atoms with Crippen LogP contribution >= 0.6 is 22.3 Å². The Morgan fingerprint density at radius 1 is 1.00 bits per heavy atom. The summed E-state index contributed by atoms with van der Waals surface area (Å²) < 4.78 is 36.1. The van der Waals surface area contributed by atoms with Crippen LogP contribution in [0.5, 0.6) is 0 Å². The summed E-state index contributed by atoms with van der Waals surface area (Å²) >= 11 is 5.73. The highest BCUT2D eigenvalue weighted by atomic mass is 35.7. The van der Waals surface area contributed by atoms with Gasteiger partial charge in [-0.25, -0.2) is 12.8 Å². The van der Waals surface area contributed by atoms with Crippen LogP contribution in [-0.2, 0) is 9.05 Å². The Morgan fingerprint density at radius 2 is 1.61 bits per heavy atom. The van der Waals surface area contributed by atoms with Crippen molar-refractivity contribution in [1.82, 2.24) is 0 Å². The van der Waals surface area contributed by atoms with Crippen LogP contribution in [0, 0.1) is 5.82 Å². The highest BCUT2D eigenvalue weighted by Gasteiger charge is 2.14.